The normalized spacial score (nSPS) is 20.3. The number of aryl methyl sites for hydroxylation is 1. The van der Waals surface area contributed by atoms with Gasteiger partial charge in [0.05, 0.1) is 19.8 Å². The molecule has 0 aliphatic carbocycles. The second-order valence-corrected chi connectivity index (χ2v) is 7.33. The maximum atomic E-state index is 12.2. The number of carbonyl (C=O) groups excluding carboxylic acids is 1. The standard InChI is InChI=1S/C16H28N4O2S/c1-5-14-9-17-15(23-14)10-19(4)16(21)18-8-12(2)20-6-7-22-11-13(20)3/h9,12-13H,5-8,10-11H2,1-4H3,(H,18,21)/t12-,13+/m0/s1. The average molecular weight is 340 g/mol. The minimum absolute atomic E-state index is 0.0500. The highest BCUT2D eigenvalue weighted by atomic mass is 32.1. The zero-order chi connectivity index (χ0) is 16.8. The van der Waals surface area contributed by atoms with Gasteiger partial charge in [0.15, 0.2) is 0 Å². The third-order valence-corrected chi connectivity index (χ3v) is 5.33. The van der Waals surface area contributed by atoms with Gasteiger partial charge in [0, 0.05) is 43.3 Å². The van der Waals surface area contributed by atoms with Crippen molar-refractivity contribution >= 4 is 17.4 Å². The summed E-state index contributed by atoms with van der Waals surface area (Å²) in [5.41, 5.74) is 0. The predicted octanol–water partition coefficient (Wildman–Crippen LogP) is 1.96. The molecule has 130 valence electrons. The Bertz CT molecular complexity index is 508. The third kappa shape index (κ3) is 5.16. The summed E-state index contributed by atoms with van der Waals surface area (Å²) in [6.07, 6.45) is 2.89. The third-order valence-electron chi connectivity index (χ3n) is 4.20. The van der Waals surface area contributed by atoms with Gasteiger partial charge in [-0.2, -0.15) is 0 Å². The van der Waals surface area contributed by atoms with Gasteiger partial charge in [-0.15, -0.1) is 11.3 Å². The molecular formula is C16H28N4O2S. The fourth-order valence-corrected chi connectivity index (χ4v) is 3.66. The summed E-state index contributed by atoms with van der Waals surface area (Å²) in [7, 11) is 1.81. The molecule has 0 unspecified atom stereocenters. The number of aromatic nitrogens is 1. The summed E-state index contributed by atoms with van der Waals surface area (Å²) in [5.74, 6) is 0. The Morgan fingerprint density at radius 1 is 1.65 bits per heavy atom. The summed E-state index contributed by atoms with van der Waals surface area (Å²) in [5, 5.41) is 4.00. The zero-order valence-corrected chi connectivity index (χ0v) is 15.4. The topological polar surface area (TPSA) is 57.7 Å². The fraction of sp³-hybridized carbons (Fsp3) is 0.750. The van der Waals surface area contributed by atoms with E-state index < -0.39 is 0 Å². The quantitative estimate of drug-likeness (QED) is 0.860. The van der Waals surface area contributed by atoms with Crippen LogP contribution in [0.5, 0.6) is 0 Å². The first-order valence-electron chi connectivity index (χ1n) is 8.27. The second-order valence-electron chi connectivity index (χ2n) is 6.13. The fourth-order valence-electron chi connectivity index (χ4n) is 2.74. The molecule has 0 saturated carbocycles. The van der Waals surface area contributed by atoms with Crippen LogP contribution in [0, 0.1) is 0 Å². The summed E-state index contributed by atoms with van der Waals surface area (Å²) in [6, 6.07) is 0.653. The highest BCUT2D eigenvalue weighted by Gasteiger charge is 2.24. The maximum Gasteiger partial charge on any atom is 0.317 e. The molecule has 1 N–H and O–H groups in total. The highest BCUT2D eigenvalue weighted by Crippen LogP contribution is 2.15. The van der Waals surface area contributed by atoms with Gasteiger partial charge in [0.2, 0.25) is 0 Å². The van der Waals surface area contributed by atoms with Gasteiger partial charge in [0.25, 0.3) is 0 Å². The molecule has 2 amide bonds. The van der Waals surface area contributed by atoms with Gasteiger partial charge in [-0.05, 0) is 20.3 Å². The molecule has 0 radical (unpaired) electrons. The minimum atomic E-state index is -0.0500. The number of thiazole rings is 1. The van der Waals surface area contributed by atoms with Crippen LogP contribution >= 0.6 is 11.3 Å². The highest BCUT2D eigenvalue weighted by molar-refractivity contribution is 7.11. The smallest absolute Gasteiger partial charge is 0.317 e. The second kappa shape index (κ2) is 8.61. The summed E-state index contributed by atoms with van der Waals surface area (Å²) >= 11 is 1.67. The summed E-state index contributed by atoms with van der Waals surface area (Å²) in [4.78, 5) is 21.9. The Balaban J connectivity index is 1.76. The van der Waals surface area contributed by atoms with Crippen molar-refractivity contribution in [2.45, 2.75) is 45.8 Å². The molecule has 2 heterocycles. The largest absolute Gasteiger partial charge is 0.379 e. The van der Waals surface area contributed by atoms with Crippen molar-refractivity contribution in [1.82, 2.24) is 20.1 Å². The minimum Gasteiger partial charge on any atom is -0.379 e. The van der Waals surface area contributed by atoms with Crippen molar-refractivity contribution in [2.24, 2.45) is 0 Å². The molecule has 7 heteroatoms. The number of nitrogens with one attached hydrogen (secondary N) is 1. The maximum absolute atomic E-state index is 12.2. The molecule has 1 saturated heterocycles. The Morgan fingerprint density at radius 2 is 2.43 bits per heavy atom. The number of urea groups is 1. The molecule has 1 aliphatic rings. The van der Waals surface area contributed by atoms with E-state index in [0.717, 1.165) is 31.2 Å². The van der Waals surface area contributed by atoms with Crippen LogP contribution in [0.15, 0.2) is 6.20 Å². The number of morpholine rings is 1. The molecule has 1 aromatic rings. The number of hydrogen-bond acceptors (Lipinski definition) is 5. The molecule has 0 spiro atoms. The number of hydrogen-bond donors (Lipinski definition) is 1. The van der Waals surface area contributed by atoms with Gasteiger partial charge in [-0.3, -0.25) is 4.90 Å². The lowest BCUT2D eigenvalue weighted by atomic mass is 10.2. The van der Waals surface area contributed by atoms with Crippen molar-refractivity contribution in [3.05, 3.63) is 16.1 Å². The number of carbonyl (C=O) groups is 1. The van der Waals surface area contributed by atoms with E-state index in [-0.39, 0.29) is 6.03 Å². The molecule has 2 rings (SSSR count). The number of ether oxygens (including phenoxy) is 1. The van der Waals surface area contributed by atoms with Gasteiger partial charge in [-0.1, -0.05) is 6.92 Å². The van der Waals surface area contributed by atoms with E-state index in [9.17, 15) is 4.79 Å². The van der Waals surface area contributed by atoms with Gasteiger partial charge >= 0.3 is 6.03 Å². The Hall–Kier alpha value is -1.18. The van der Waals surface area contributed by atoms with E-state index in [1.165, 1.54) is 4.88 Å². The van der Waals surface area contributed by atoms with Gasteiger partial charge in [0.1, 0.15) is 5.01 Å². The van der Waals surface area contributed by atoms with Crippen LogP contribution in [0.1, 0.15) is 30.7 Å². The molecule has 6 nitrogen and oxygen atoms in total. The molecule has 0 aromatic carbocycles. The van der Waals surface area contributed by atoms with Gasteiger partial charge in [-0.25, -0.2) is 9.78 Å². The van der Waals surface area contributed by atoms with Crippen LogP contribution < -0.4 is 5.32 Å². The van der Waals surface area contributed by atoms with Crippen LogP contribution in [-0.4, -0.2) is 66.2 Å². The average Bonchev–Trinajstić information content (AvgIpc) is 3.00. The van der Waals surface area contributed by atoms with Crippen LogP contribution in [0.3, 0.4) is 0 Å². The molecule has 2 atom stereocenters. The predicted molar refractivity (Wildman–Crippen MR) is 92.8 cm³/mol. The zero-order valence-electron chi connectivity index (χ0n) is 14.5. The molecule has 23 heavy (non-hydrogen) atoms. The first kappa shape index (κ1) is 18.2. The number of nitrogens with zero attached hydrogens (tertiary/aromatic N) is 3. The van der Waals surface area contributed by atoms with Gasteiger partial charge < -0.3 is 15.0 Å². The SMILES string of the molecule is CCc1cnc(CN(C)C(=O)NC[C@H](C)N2CCOC[C@H]2C)s1. The van der Waals surface area contributed by atoms with Crippen LogP contribution in [0.25, 0.3) is 0 Å². The lowest BCUT2D eigenvalue weighted by Gasteiger charge is -2.38. The molecule has 1 aliphatic heterocycles. The van der Waals surface area contributed by atoms with Crippen LogP contribution in [-0.2, 0) is 17.7 Å². The van der Waals surface area contributed by atoms with Crippen molar-refractivity contribution < 1.29 is 9.53 Å². The van der Waals surface area contributed by atoms with Crippen molar-refractivity contribution in [3.8, 4) is 0 Å². The Kier molecular flexibility index (Phi) is 6.80. The lowest BCUT2D eigenvalue weighted by molar-refractivity contribution is -0.0177. The van der Waals surface area contributed by atoms with E-state index in [1.54, 1.807) is 16.2 Å². The first-order chi connectivity index (χ1) is 11.0. The van der Waals surface area contributed by atoms with E-state index in [0.29, 0.717) is 25.2 Å². The number of rotatable bonds is 6. The summed E-state index contributed by atoms with van der Waals surface area (Å²) in [6.45, 7) is 10.1. The van der Waals surface area contributed by atoms with Crippen LogP contribution in [0.4, 0.5) is 4.79 Å². The van der Waals surface area contributed by atoms with Crippen molar-refractivity contribution in [3.63, 3.8) is 0 Å². The van der Waals surface area contributed by atoms with E-state index in [1.807, 2.05) is 13.2 Å². The van der Waals surface area contributed by atoms with Crippen molar-refractivity contribution in [1.29, 1.82) is 0 Å². The molecule has 1 fully saturated rings. The van der Waals surface area contributed by atoms with E-state index in [4.69, 9.17) is 4.74 Å². The lowest BCUT2D eigenvalue weighted by Crippen LogP contribution is -2.52. The van der Waals surface area contributed by atoms with Crippen LogP contribution in [0.2, 0.25) is 0 Å². The number of amides is 2. The monoisotopic (exact) mass is 340 g/mol. The van der Waals surface area contributed by atoms with E-state index in [2.05, 4.69) is 36.0 Å². The summed E-state index contributed by atoms with van der Waals surface area (Å²) < 4.78 is 5.46. The molecule has 0 bridgehead atoms. The molecule has 1 aromatic heterocycles. The Labute approximate surface area is 142 Å². The van der Waals surface area contributed by atoms with E-state index >= 15 is 0 Å². The van der Waals surface area contributed by atoms with Crippen molar-refractivity contribution in [2.75, 3.05) is 33.4 Å². The molecular weight excluding hydrogens is 312 g/mol. The first-order valence-corrected chi connectivity index (χ1v) is 9.09. The Morgan fingerprint density at radius 3 is 3.09 bits per heavy atom.